The molecule has 1 saturated heterocycles. The van der Waals surface area contributed by atoms with Crippen LogP contribution in [0.3, 0.4) is 0 Å². The van der Waals surface area contributed by atoms with Crippen LogP contribution in [0.5, 0.6) is 0 Å². The summed E-state index contributed by atoms with van der Waals surface area (Å²) in [5.74, 6) is -0.580. The molecule has 8 nitrogen and oxygen atoms in total. The van der Waals surface area contributed by atoms with Gasteiger partial charge in [0.15, 0.2) is 0 Å². The number of rotatable bonds is 5. The molecule has 5 rings (SSSR count). The summed E-state index contributed by atoms with van der Waals surface area (Å²) in [5.41, 5.74) is 4.53. The zero-order chi connectivity index (χ0) is 24.2. The van der Waals surface area contributed by atoms with Crippen molar-refractivity contribution in [1.82, 2.24) is 9.80 Å². The molecule has 0 amide bonds. The molecule has 2 N–H and O–H groups in total. The largest absolute Gasteiger partial charge is 0.457 e. The normalized spacial score (nSPS) is 29.8. The van der Waals surface area contributed by atoms with Crippen molar-refractivity contribution in [2.24, 2.45) is 5.41 Å². The van der Waals surface area contributed by atoms with Crippen LogP contribution < -0.4 is 0 Å². The molecule has 1 saturated carbocycles. The highest BCUT2D eigenvalue weighted by atomic mass is 16.5. The molecule has 0 bridgehead atoms. The van der Waals surface area contributed by atoms with Crippen molar-refractivity contribution in [2.75, 3.05) is 26.7 Å². The maximum atomic E-state index is 11.8. The van der Waals surface area contributed by atoms with E-state index in [0.717, 1.165) is 61.0 Å². The Labute approximate surface area is 200 Å². The maximum absolute atomic E-state index is 11.8. The molecule has 1 aliphatic carbocycles. The van der Waals surface area contributed by atoms with Crippen molar-refractivity contribution in [3.63, 3.8) is 0 Å². The summed E-state index contributed by atoms with van der Waals surface area (Å²) < 4.78 is 10.3. The van der Waals surface area contributed by atoms with Crippen LogP contribution in [0.25, 0.3) is 0 Å². The molecular weight excluding hydrogens is 436 g/mol. The number of likely N-dealkylation sites (tertiary alicyclic amines) is 1. The van der Waals surface area contributed by atoms with Crippen molar-refractivity contribution in [3.8, 4) is 0 Å². The van der Waals surface area contributed by atoms with Gasteiger partial charge in [-0.3, -0.25) is 0 Å². The fourth-order valence-corrected chi connectivity index (χ4v) is 6.35. The van der Waals surface area contributed by atoms with Gasteiger partial charge in [-0.15, -0.1) is 0 Å². The summed E-state index contributed by atoms with van der Waals surface area (Å²) in [7, 11) is 2.05. The molecule has 3 aliphatic heterocycles. The zero-order valence-corrected chi connectivity index (χ0v) is 20.2. The van der Waals surface area contributed by atoms with E-state index in [2.05, 4.69) is 4.90 Å². The molecule has 1 aromatic carbocycles. The van der Waals surface area contributed by atoms with Gasteiger partial charge in [-0.1, -0.05) is 6.07 Å². The summed E-state index contributed by atoms with van der Waals surface area (Å²) in [6.45, 7) is 5.49. The second-order valence-corrected chi connectivity index (χ2v) is 10.4. The fourth-order valence-electron chi connectivity index (χ4n) is 6.35. The predicted molar refractivity (Wildman–Crippen MR) is 124 cm³/mol. The number of aliphatic hydroxyl groups excluding tert-OH is 2. The van der Waals surface area contributed by atoms with E-state index >= 15 is 0 Å². The number of hydrogen-bond acceptors (Lipinski definition) is 8. The van der Waals surface area contributed by atoms with Crippen LogP contribution in [0.1, 0.15) is 72.2 Å². The van der Waals surface area contributed by atoms with Crippen LogP contribution in [0.2, 0.25) is 0 Å². The molecule has 3 heterocycles. The van der Waals surface area contributed by atoms with E-state index < -0.39 is 12.3 Å². The molecule has 1 aromatic rings. The minimum absolute atomic E-state index is 0.155. The molecule has 2 fully saturated rings. The summed E-state index contributed by atoms with van der Waals surface area (Å²) in [6, 6.07) is 3.93. The van der Waals surface area contributed by atoms with Crippen molar-refractivity contribution in [2.45, 2.75) is 70.9 Å². The first-order valence-corrected chi connectivity index (χ1v) is 12.2. The Balaban J connectivity index is 1.20. The number of benzene rings is 1. The molecule has 1 spiro atoms. The van der Waals surface area contributed by atoms with Gasteiger partial charge in [0, 0.05) is 30.1 Å². The molecule has 184 valence electrons. The average Bonchev–Trinajstić information content (AvgIpc) is 3.46. The lowest BCUT2D eigenvalue weighted by Crippen LogP contribution is -2.46. The first-order valence-electron chi connectivity index (χ1n) is 12.2. The fraction of sp³-hybridized carbons (Fsp3) is 0.615. The Morgan fingerprint density at radius 1 is 1.12 bits per heavy atom. The lowest BCUT2D eigenvalue weighted by atomic mass is 9.70. The highest BCUT2D eigenvalue weighted by Gasteiger charge is 2.50. The van der Waals surface area contributed by atoms with Gasteiger partial charge in [0.25, 0.3) is 0 Å². The Bertz CT molecular complexity index is 1040. The van der Waals surface area contributed by atoms with Crippen molar-refractivity contribution in [1.29, 1.82) is 0 Å². The van der Waals surface area contributed by atoms with Gasteiger partial charge in [0.1, 0.15) is 19.4 Å². The van der Waals surface area contributed by atoms with E-state index in [1.54, 1.807) is 13.0 Å². The summed E-state index contributed by atoms with van der Waals surface area (Å²) in [4.78, 5) is 27.8. The predicted octanol–water partition coefficient (Wildman–Crippen LogP) is 2.41. The highest BCUT2D eigenvalue weighted by molar-refractivity contribution is 5.94. The third kappa shape index (κ3) is 3.72. The second-order valence-electron chi connectivity index (χ2n) is 10.4. The topological polar surface area (TPSA) is 99.5 Å². The minimum Gasteiger partial charge on any atom is -0.457 e. The third-order valence-corrected chi connectivity index (χ3v) is 8.72. The molecule has 1 unspecified atom stereocenters. The number of cyclic esters (lactones) is 2. The second kappa shape index (κ2) is 8.66. The molecule has 0 aromatic heterocycles. The number of ether oxygens (including phenoxy) is 2. The van der Waals surface area contributed by atoms with E-state index in [-0.39, 0.29) is 30.6 Å². The Hall–Kier alpha value is -2.42. The van der Waals surface area contributed by atoms with Gasteiger partial charge in [-0.2, -0.15) is 0 Å². The van der Waals surface area contributed by atoms with Gasteiger partial charge < -0.3 is 29.5 Å². The number of aliphatic hydroxyl groups is 2. The van der Waals surface area contributed by atoms with Crippen LogP contribution in [0.15, 0.2) is 23.4 Å². The van der Waals surface area contributed by atoms with E-state index in [1.807, 2.05) is 24.9 Å². The first-order chi connectivity index (χ1) is 16.2. The van der Waals surface area contributed by atoms with Crippen LogP contribution in [0.4, 0.5) is 0 Å². The smallest absolute Gasteiger partial charge is 0.338 e. The van der Waals surface area contributed by atoms with Crippen molar-refractivity contribution in [3.05, 3.63) is 45.7 Å². The number of carbonyl (C=O) groups excluding carboxylic acids is 2. The van der Waals surface area contributed by atoms with Crippen molar-refractivity contribution < 1.29 is 29.3 Å². The molecule has 34 heavy (non-hydrogen) atoms. The molecule has 8 heteroatoms. The van der Waals surface area contributed by atoms with E-state index in [0.29, 0.717) is 23.7 Å². The van der Waals surface area contributed by atoms with Gasteiger partial charge in [0.05, 0.1) is 22.9 Å². The lowest BCUT2D eigenvalue weighted by molar-refractivity contribution is -0.136. The lowest BCUT2D eigenvalue weighted by Gasteiger charge is -2.43. The van der Waals surface area contributed by atoms with Crippen LogP contribution in [-0.2, 0) is 20.9 Å². The van der Waals surface area contributed by atoms with Crippen molar-refractivity contribution >= 4 is 11.9 Å². The zero-order valence-electron chi connectivity index (χ0n) is 20.2. The van der Waals surface area contributed by atoms with E-state index in [4.69, 9.17) is 9.47 Å². The first kappa shape index (κ1) is 23.3. The van der Waals surface area contributed by atoms with Crippen LogP contribution in [-0.4, -0.2) is 71.0 Å². The van der Waals surface area contributed by atoms with Gasteiger partial charge >= 0.3 is 11.9 Å². The molecule has 4 aliphatic rings. The Kier molecular flexibility index (Phi) is 5.94. The Morgan fingerprint density at radius 2 is 1.82 bits per heavy atom. The van der Waals surface area contributed by atoms with Gasteiger partial charge in [0.2, 0.25) is 0 Å². The SMILES string of the molecule is CC1=C(N2CC[C@]3(CC[C@H](N(C)C[C@H](O)c4ccc5c(c4C)COC5=O)CC3)C2O)COC1=O. The minimum atomic E-state index is -0.649. The quantitative estimate of drug-likeness (QED) is 0.633. The number of esters is 2. The van der Waals surface area contributed by atoms with Gasteiger partial charge in [-0.05, 0) is 70.2 Å². The summed E-state index contributed by atoms with van der Waals surface area (Å²) in [5, 5.41) is 22.2. The van der Waals surface area contributed by atoms with Gasteiger partial charge in [-0.25, -0.2) is 9.59 Å². The molecular formula is C26H34N2O6. The summed E-state index contributed by atoms with van der Waals surface area (Å²) >= 11 is 0. The monoisotopic (exact) mass is 470 g/mol. The van der Waals surface area contributed by atoms with E-state index in [1.165, 1.54) is 0 Å². The average molecular weight is 471 g/mol. The maximum Gasteiger partial charge on any atom is 0.338 e. The van der Waals surface area contributed by atoms with Crippen LogP contribution in [0, 0.1) is 12.3 Å². The number of likely N-dealkylation sites (N-methyl/N-ethyl adjacent to an activating group) is 1. The number of hydrogen-bond donors (Lipinski definition) is 2. The summed E-state index contributed by atoms with van der Waals surface area (Å²) in [6.07, 6.45) is 3.39. The number of fused-ring (bicyclic) bond motifs is 1. The van der Waals surface area contributed by atoms with E-state index in [9.17, 15) is 19.8 Å². The Morgan fingerprint density at radius 3 is 2.50 bits per heavy atom. The third-order valence-electron chi connectivity index (χ3n) is 8.72. The highest BCUT2D eigenvalue weighted by Crippen LogP contribution is 2.49. The number of nitrogens with zero attached hydrogens (tertiary/aromatic N) is 2. The standard InChI is InChI=1S/C26H34N2O6/c1-15-18(4-5-19-20(15)13-33-24(19)31)22(29)12-27(3)17-6-8-26(9-7-17)10-11-28(25(26)32)21-14-34-23(30)16(21)2/h4-5,17,22,25,29,32H,6-14H2,1-3H3/t17-,22-,25?,26+/m0/s1. The number of carbonyl (C=O) groups is 2. The van der Waals surface area contributed by atoms with Crippen LogP contribution >= 0.6 is 0 Å². The molecule has 0 radical (unpaired) electrons. The molecule has 2 atom stereocenters.